The maximum absolute atomic E-state index is 11.7. The molecule has 0 spiro atoms. The molecule has 0 unspecified atom stereocenters. The predicted molar refractivity (Wildman–Crippen MR) is 85.4 cm³/mol. The molecular weight excluding hydrogens is 302 g/mol. The van der Waals surface area contributed by atoms with Gasteiger partial charge in [-0.2, -0.15) is 0 Å². The van der Waals surface area contributed by atoms with E-state index in [2.05, 4.69) is 5.32 Å². The highest BCUT2D eigenvalue weighted by atomic mass is 35.5. The largest absolute Gasteiger partial charge is 0.507 e. The topological polar surface area (TPSA) is 66.4 Å². The lowest BCUT2D eigenvalue weighted by molar-refractivity contribution is -0.135. The van der Waals surface area contributed by atoms with Crippen LogP contribution in [-0.2, 0) is 16.1 Å². The van der Waals surface area contributed by atoms with Crippen molar-refractivity contribution in [1.82, 2.24) is 5.32 Å². The first kappa shape index (κ1) is 15.8. The fourth-order valence-corrected chi connectivity index (χ4v) is 1.89. The summed E-state index contributed by atoms with van der Waals surface area (Å²) >= 11 is 5.74. The van der Waals surface area contributed by atoms with Crippen LogP contribution in [0.1, 0.15) is 11.1 Å². The standard InChI is InChI=1S/C17H14ClNO3/c18-14-8-6-13(7-9-14)15(20)10-16(21)17(22)19-11-12-4-2-1-3-5-12/h1-10,20H,11H2,(H,19,22)/b15-10-. The first-order valence-corrected chi connectivity index (χ1v) is 6.97. The lowest BCUT2D eigenvalue weighted by Crippen LogP contribution is -2.29. The molecule has 0 bridgehead atoms. The van der Waals surface area contributed by atoms with Gasteiger partial charge in [0.05, 0.1) is 0 Å². The van der Waals surface area contributed by atoms with Gasteiger partial charge in [-0.05, 0) is 29.8 Å². The van der Waals surface area contributed by atoms with Crippen molar-refractivity contribution < 1.29 is 14.7 Å². The molecule has 5 heteroatoms. The van der Waals surface area contributed by atoms with Gasteiger partial charge in [-0.25, -0.2) is 0 Å². The summed E-state index contributed by atoms with van der Waals surface area (Å²) in [6.07, 6.45) is 0.892. The fourth-order valence-electron chi connectivity index (χ4n) is 1.76. The fraction of sp³-hybridized carbons (Fsp3) is 0.0588. The molecule has 2 aromatic rings. The van der Waals surface area contributed by atoms with Crippen molar-refractivity contribution >= 4 is 29.1 Å². The number of carbonyl (C=O) groups excluding carboxylic acids is 2. The summed E-state index contributed by atoms with van der Waals surface area (Å²) in [7, 11) is 0. The summed E-state index contributed by atoms with van der Waals surface area (Å²) in [5, 5.41) is 12.8. The molecule has 2 aromatic carbocycles. The van der Waals surface area contributed by atoms with Crippen LogP contribution in [0.2, 0.25) is 5.02 Å². The highest BCUT2D eigenvalue weighted by Crippen LogP contribution is 2.15. The number of benzene rings is 2. The first-order valence-electron chi connectivity index (χ1n) is 6.59. The van der Waals surface area contributed by atoms with Crippen LogP contribution < -0.4 is 5.32 Å². The second kappa shape index (κ2) is 7.43. The molecule has 0 radical (unpaired) electrons. The summed E-state index contributed by atoms with van der Waals surface area (Å²) in [5.41, 5.74) is 1.29. The van der Waals surface area contributed by atoms with Gasteiger partial charge in [-0.15, -0.1) is 0 Å². The smallest absolute Gasteiger partial charge is 0.292 e. The molecule has 0 fully saturated rings. The molecule has 0 saturated heterocycles. The van der Waals surface area contributed by atoms with E-state index < -0.39 is 11.7 Å². The summed E-state index contributed by atoms with van der Waals surface area (Å²) in [4.78, 5) is 23.4. The van der Waals surface area contributed by atoms with Gasteiger partial charge in [-0.1, -0.05) is 41.9 Å². The molecule has 2 N–H and O–H groups in total. The Morgan fingerprint density at radius 1 is 1.05 bits per heavy atom. The number of aliphatic hydroxyl groups excluding tert-OH is 1. The van der Waals surface area contributed by atoms with E-state index in [0.29, 0.717) is 10.6 Å². The molecule has 1 amide bonds. The van der Waals surface area contributed by atoms with Crippen molar-refractivity contribution in [3.63, 3.8) is 0 Å². The van der Waals surface area contributed by atoms with E-state index in [4.69, 9.17) is 11.6 Å². The lowest BCUT2D eigenvalue weighted by atomic mass is 10.1. The zero-order valence-electron chi connectivity index (χ0n) is 11.6. The maximum atomic E-state index is 11.7. The van der Waals surface area contributed by atoms with E-state index in [1.165, 1.54) is 0 Å². The highest BCUT2D eigenvalue weighted by Gasteiger charge is 2.12. The van der Waals surface area contributed by atoms with Crippen molar-refractivity contribution in [3.05, 3.63) is 76.8 Å². The molecule has 0 saturated carbocycles. The van der Waals surface area contributed by atoms with Crippen LogP contribution in [0.4, 0.5) is 0 Å². The lowest BCUT2D eigenvalue weighted by Gasteiger charge is -2.03. The van der Waals surface area contributed by atoms with Gasteiger partial charge >= 0.3 is 0 Å². The average molecular weight is 316 g/mol. The number of halogens is 1. The SMILES string of the molecule is O=C(/C=C(\O)c1ccc(Cl)cc1)C(=O)NCc1ccccc1. The summed E-state index contributed by atoms with van der Waals surface area (Å²) in [5.74, 6) is -1.87. The monoisotopic (exact) mass is 315 g/mol. The number of hydrogen-bond acceptors (Lipinski definition) is 3. The van der Waals surface area contributed by atoms with E-state index in [1.54, 1.807) is 24.3 Å². The number of ketones is 1. The normalized spacial score (nSPS) is 11.0. The van der Waals surface area contributed by atoms with Crippen molar-refractivity contribution in [3.8, 4) is 0 Å². The summed E-state index contributed by atoms with van der Waals surface area (Å²) < 4.78 is 0. The Morgan fingerprint density at radius 3 is 2.32 bits per heavy atom. The van der Waals surface area contributed by atoms with Gasteiger partial charge in [-0.3, -0.25) is 9.59 Å². The van der Waals surface area contributed by atoms with Crippen LogP contribution in [-0.4, -0.2) is 16.8 Å². The Bertz CT molecular complexity index is 694. The molecule has 0 aliphatic rings. The number of rotatable bonds is 5. The third-order valence-corrected chi connectivity index (χ3v) is 3.18. The van der Waals surface area contributed by atoms with E-state index in [9.17, 15) is 14.7 Å². The highest BCUT2D eigenvalue weighted by molar-refractivity contribution is 6.41. The number of hydrogen-bond donors (Lipinski definition) is 2. The molecule has 4 nitrogen and oxygen atoms in total. The van der Waals surface area contributed by atoms with Crippen molar-refractivity contribution in [2.75, 3.05) is 0 Å². The van der Waals surface area contributed by atoms with E-state index in [1.807, 2.05) is 30.3 Å². The minimum Gasteiger partial charge on any atom is -0.507 e. The zero-order chi connectivity index (χ0) is 15.9. The number of carbonyl (C=O) groups is 2. The van der Waals surface area contributed by atoms with Crippen LogP contribution in [0.5, 0.6) is 0 Å². The van der Waals surface area contributed by atoms with Gasteiger partial charge in [0, 0.05) is 23.2 Å². The summed E-state index contributed by atoms with van der Waals surface area (Å²) in [6.45, 7) is 0.251. The van der Waals surface area contributed by atoms with Crippen molar-refractivity contribution in [1.29, 1.82) is 0 Å². The molecule has 0 aromatic heterocycles. The Morgan fingerprint density at radius 2 is 1.68 bits per heavy atom. The van der Waals surface area contributed by atoms with Gasteiger partial charge in [0.15, 0.2) is 0 Å². The molecule has 22 heavy (non-hydrogen) atoms. The Balaban J connectivity index is 1.97. The molecule has 2 rings (SSSR count). The minimum atomic E-state index is -0.816. The molecule has 0 atom stereocenters. The molecule has 112 valence electrons. The number of nitrogens with one attached hydrogen (secondary N) is 1. The second-order valence-electron chi connectivity index (χ2n) is 4.57. The van der Waals surface area contributed by atoms with Crippen LogP contribution in [0.15, 0.2) is 60.7 Å². The molecule has 0 heterocycles. The van der Waals surface area contributed by atoms with Crippen LogP contribution in [0.3, 0.4) is 0 Å². The second-order valence-corrected chi connectivity index (χ2v) is 5.01. The molecule has 0 aliphatic carbocycles. The third-order valence-electron chi connectivity index (χ3n) is 2.93. The van der Waals surface area contributed by atoms with Gasteiger partial charge in [0.2, 0.25) is 5.78 Å². The van der Waals surface area contributed by atoms with Crippen LogP contribution in [0, 0.1) is 0 Å². The van der Waals surface area contributed by atoms with Crippen LogP contribution >= 0.6 is 11.6 Å². The quantitative estimate of drug-likeness (QED) is 0.506. The molecule has 0 aliphatic heterocycles. The first-order chi connectivity index (χ1) is 10.6. The van der Waals surface area contributed by atoms with Crippen LogP contribution in [0.25, 0.3) is 5.76 Å². The number of aliphatic hydroxyl groups is 1. The van der Waals surface area contributed by atoms with Gasteiger partial charge < -0.3 is 10.4 Å². The van der Waals surface area contributed by atoms with E-state index in [-0.39, 0.29) is 12.3 Å². The predicted octanol–water partition coefficient (Wildman–Crippen LogP) is 3.12. The Kier molecular flexibility index (Phi) is 5.33. The Hall–Kier alpha value is -2.59. The number of amides is 1. The van der Waals surface area contributed by atoms with E-state index >= 15 is 0 Å². The minimum absolute atomic E-state index is 0.251. The van der Waals surface area contributed by atoms with Crippen molar-refractivity contribution in [2.45, 2.75) is 6.54 Å². The Labute approximate surface area is 133 Å². The third kappa shape index (κ3) is 4.46. The maximum Gasteiger partial charge on any atom is 0.292 e. The average Bonchev–Trinajstić information content (AvgIpc) is 2.54. The van der Waals surface area contributed by atoms with Gasteiger partial charge in [0.25, 0.3) is 5.91 Å². The van der Waals surface area contributed by atoms with Gasteiger partial charge in [0.1, 0.15) is 5.76 Å². The zero-order valence-corrected chi connectivity index (χ0v) is 12.4. The molecular formula is C17H14ClNO3. The summed E-state index contributed by atoms with van der Waals surface area (Å²) in [6, 6.07) is 15.5. The van der Waals surface area contributed by atoms with E-state index in [0.717, 1.165) is 11.6 Å². The van der Waals surface area contributed by atoms with Crippen molar-refractivity contribution in [2.24, 2.45) is 0 Å².